The normalized spacial score (nSPS) is 11.2. The first kappa shape index (κ1) is 11.9. The van der Waals surface area contributed by atoms with E-state index >= 15 is 0 Å². The average molecular weight is 236 g/mol. The lowest BCUT2D eigenvalue weighted by Crippen LogP contribution is -2.02. The Bertz CT molecular complexity index is 345. The Balaban J connectivity index is 2.77. The summed E-state index contributed by atoms with van der Waals surface area (Å²) in [6.45, 7) is 0. The summed E-state index contributed by atoms with van der Waals surface area (Å²) < 4.78 is 40.2. The van der Waals surface area contributed by atoms with Crippen LogP contribution in [0, 0.1) is 0 Å². The maximum atomic E-state index is 11.9. The molecule has 0 saturated heterocycles. The summed E-state index contributed by atoms with van der Waals surface area (Å²) in [4.78, 5) is 11.0. The number of rotatable bonds is 2. The minimum atomic E-state index is -4.31. The van der Waals surface area contributed by atoms with Crippen LogP contribution in [0.25, 0.3) is 0 Å². The van der Waals surface area contributed by atoms with E-state index in [9.17, 15) is 18.0 Å². The van der Waals surface area contributed by atoms with Gasteiger partial charge in [-0.05, 0) is 36.0 Å². The van der Waals surface area contributed by atoms with Crippen LogP contribution in [-0.4, -0.2) is 18.6 Å². The van der Waals surface area contributed by atoms with Crippen molar-refractivity contribution in [3.8, 4) is 0 Å². The van der Waals surface area contributed by atoms with E-state index in [2.05, 4.69) is 4.74 Å². The summed E-state index contributed by atoms with van der Waals surface area (Å²) in [5.74, 6) is -0.571. The molecule has 0 atom stereocenters. The number of ether oxygens (including phenoxy) is 1. The number of methoxy groups -OCH3 is 1. The molecule has 6 heteroatoms. The van der Waals surface area contributed by atoms with Gasteiger partial charge >= 0.3 is 11.5 Å². The van der Waals surface area contributed by atoms with E-state index in [-0.39, 0.29) is 22.2 Å². The van der Waals surface area contributed by atoms with Crippen LogP contribution in [0.4, 0.5) is 13.2 Å². The summed E-state index contributed by atoms with van der Waals surface area (Å²) in [5, 5.41) is 0. The monoisotopic (exact) mass is 236 g/mol. The quantitative estimate of drug-likeness (QED) is 0.583. The highest BCUT2D eigenvalue weighted by Crippen LogP contribution is 2.36. The predicted octanol–water partition coefficient (Wildman–Crippen LogP) is 3.09. The smallest absolute Gasteiger partial charge is 0.446 e. The fraction of sp³-hybridized carbons (Fsp3) is 0.222. The molecule has 0 aliphatic rings. The second-order valence-electron chi connectivity index (χ2n) is 2.56. The molecule has 0 aromatic heterocycles. The van der Waals surface area contributed by atoms with Crippen LogP contribution in [0.5, 0.6) is 0 Å². The third-order valence-corrected chi connectivity index (χ3v) is 2.25. The summed E-state index contributed by atoms with van der Waals surface area (Å²) in [6.07, 6.45) is 0. The Kier molecular flexibility index (Phi) is 3.62. The average Bonchev–Trinajstić information content (AvgIpc) is 2.15. The number of carbonyl (C=O) groups excluding carboxylic acids is 1. The van der Waals surface area contributed by atoms with E-state index < -0.39 is 11.5 Å². The van der Waals surface area contributed by atoms with Gasteiger partial charge in [0.2, 0.25) is 0 Å². The Hall–Kier alpha value is -1.17. The molecule has 0 N–H and O–H groups in total. The van der Waals surface area contributed by atoms with Crippen LogP contribution in [0.2, 0.25) is 0 Å². The molecule has 82 valence electrons. The van der Waals surface area contributed by atoms with Crippen molar-refractivity contribution in [2.45, 2.75) is 10.4 Å². The molecule has 1 aromatic carbocycles. The van der Waals surface area contributed by atoms with Crippen molar-refractivity contribution in [3.63, 3.8) is 0 Å². The summed E-state index contributed by atoms with van der Waals surface area (Å²) >= 11 is -0.223. The lowest BCUT2D eigenvalue weighted by molar-refractivity contribution is -0.0328. The SMILES string of the molecule is COC(=O)c1ccc(SC(F)(F)F)cc1. The standard InChI is InChI=1S/C9H7F3O2S/c1-14-8(13)6-2-4-7(5-3-6)15-9(10,11)12/h2-5H,1H3. The van der Waals surface area contributed by atoms with E-state index in [1.54, 1.807) is 0 Å². The fourth-order valence-corrected chi connectivity index (χ4v) is 1.45. The lowest BCUT2D eigenvalue weighted by Gasteiger charge is -2.05. The molecule has 1 aromatic rings. The second-order valence-corrected chi connectivity index (χ2v) is 3.70. The topological polar surface area (TPSA) is 26.3 Å². The van der Waals surface area contributed by atoms with Crippen LogP contribution in [0.15, 0.2) is 29.2 Å². The summed E-state index contributed by atoms with van der Waals surface area (Å²) in [7, 11) is 1.21. The number of alkyl halides is 3. The Morgan fingerprint density at radius 1 is 1.27 bits per heavy atom. The molecular weight excluding hydrogens is 229 g/mol. The molecule has 0 radical (unpaired) electrons. The zero-order chi connectivity index (χ0) is 11.5. The third-order valence-electron chi connectivity index (χ3n) is 1.51. The Morgan fingerprint density at radius 2 is 1.80 bits per heavy atom. The summed E-state index contributed by atoms with van der Waals surface area (Å²) in [6, 6.07) is 5.04. The number of benzene rings is 1. The number of esters is 1. The lowest BCUT2D eigenvalue weighted by atomic mass is 10.2. The molecule has 0 aliphatic carbocycles. The first-order valence-corrected chi connectivity index (χ1v) is 4.68. The van der Waals surface area contributed by atoms with Crippen molar-refractivity contribution < 1.29 is 22.7 Å². The molecule has 0 aliphatic heterocycles. The molecule has 0 heterocycles. The van der Waals surface area contributed by atoms with Crippen molar-refractivity contribution in [3.05, 3.63) is 29.8 Å². The molecular formula is C9H7F3O2S. The van der Waals surface area contributed by atoms with Gasteiger partial charge in [0.05, 0.1) is 12.7 Å². The fourth-order valence-electron chi connectivity index (χ4n) is 0.911. The van der Waals surface area contributed by atoms with Gasteiger partial charge in [-0.1, -0.05) is 0 Å². The molecule has 0 fully saturated rings. The van der Waals surface area contributed by atoms with Crippen molar-refractivity contribution in [1.82, 2.24) is 0 Å². The van der Waals surface area contributed by atoms with E-state index in [4.69, 9.17) is 0 Å². The van der Waals surface area contributed by atoms with Crippen LogP contribution < -0.4 is 0 Å². The zero-order valence-corrected chi connectivity index (χ0v) is 8.48. The molecule has 15 heavy (non-hydrogen) atoms. The maximum absolute atomic E-state index is 11.9. The molecule has 0 amide bonds. The van der Waals surface area contributed by atoms with Gasteiger partial charge in [0.25, 0.3) is 0 Å². The van der Waals surface area contributed by atoms with Crippen LogP contribution in [0.1, 0.15) is 10.4 Å². The van der Waals surface area contributed by atoms with Crippen molar-refractivity contribution in [1.29, 1.82) is 0 Å². The highest BCUT2D eigenvalue weighted by atomic mass is 32.2. The third kappa shape index (κ3) is 3.83. The highest BCUT2D eigenvalue weighted by molar-refractivity contribution is 8.00. The van der Waals surface area contributed by atoms with Crippen LogP contribution >= 0.6 is 11.8 Å². The molecule has 2 nitrogen and oxygen atoms in total. The largest absolute Gasteiger partial charge is 0.465 e. The van der Waals surface area contributed by atoms with Gasteiger partial charge in [-0.15, -0.1) is 0 Å². The zero-order valence-electron chi connectivity index (χ0n) is 7.67. The van der Waals surface area contributed by atoms with Gasteiger partial charge in [-0.3, -0.25) is 0 Å². The van der Waals surface area contributed by atoms with Gasteiger partial charge in [0.15, 0.2) is 0 Å². The van der Waals surface area contributed by atoms with Gasteiger partial charge in [-0.2, -0.15) is 13.2 Å². The maximum Gasteiger partial charge on any atom is 0.446 e. The van der Waals surface area contributed by atoms with E-state index in [0.29, 0.717) is 0 Å². The van der Waals surface area contributed by atoms with Gasteiger partial charge in [0.1, 0.15) is 0 Å². The summed E-state index contributed by atoms with van der Waals surface area (Å²) in [5.41, 5.74) is -4.09. The highest BCUT2D eigenvalue weighted by Gasteiger charge is 2.29. The molecule has 0 saturated carbocycles. The van der Waals surface area contributed by atoms with Gasteiger partial charge < -0.3 is 4.74 Å². The minimum Gasteiger partial charge on any atom is -0.465 e. The Labute approximate surface area is 88.4 Å². The van der Waals surface area contributed by atoms with Crippen molar-refractivity contribution in [2.75, 3.05) is 7.11 Å². The van der Waals surface area contributed by atoms with Crippen molar-refractivity contribution in [2.24, 2.45) is 0 Å². The Morgan fingerprint density at radius 3 is 2.20 bits per heavy atom. The van der Waals surface area contributed by atoms with E-state index in [1.807, 2.05) is 0 Å². The molecule has 0 bridgehead atoms. The molecule has 0 spiro atoms. The number of thioether (sulfide) groups is 1. The number of carbonyl (C=O) groups is 1. The van der Waals surface area contributed by atoms with E-state index in [0.717, 1.165) is 0 Å². The molecule has 1 rings (SSSR count). The number of hydrogen-bond donors (Lipinski definition) is 0. The first-order chi connectivity index (χ1) is 6.92. The van der Waals surface area contributed by atoms with Gasteiger partial charge in [0, 0.05) is 4.90 Å². The van der Waals surface area contributed by atoms with E-state index in [1.165, 1.54) is 31.4 Å². The van der Waals surface area contributed by atoms with Crippen LogP contribution in [-0.2, 0) is 4.74 Å². The number of hydrogen-bond acceptors (Lipinski definition) is 3. The van der Waals surface area contributed by atoms with Crippen LogP contribution in [0.3, 0.4) is 0 Å². The molecule has 0 unspecified atom stereocenters. The predicted molar refractivity (Wildman–Crippen MR) is 49.7 cm³/mol. The van der Waals surface area contributed by atoms with Crippen molar-refractivity contribution >= 4 is 17.7 Å². The van der Waals surface area contributed by atoms with Gasteiger partial charge in [-0.25, -0.2) is 4.79 Å². The number of halogens is 3. The first-order valence-electron chi connectivity index (χ1n) is 3.86. The second kappa shape index (κ2) is 4.57. The minimum absolute atomic E-state index is 0.0372.